The van der Waals surface area contributed by atoms with Gasteiger partial charge in [-0.15, -0.1) is 25.3 Å². The van der Waals surface area contributed by atoms with Crippen molar-refractivity contribution in [2.45, 2.75) is 192 Å². The number of carbonyl (C=O) groups is 1. The standard InChI is InChI=1S/C37H43F5O4S.C32H31F5O2S/c1-31(2)20-45-34(46-21-31)16-13-29-30-26(12-15-33(29,43)19-34)28-14-17-35(44,36(38,39)37(40,41)42)32(28,3)18-27(30)24-6-4-22(5-7-24)23-8-10-25(47)11-9-23;1-29-17-26(20-4-2-18(3-5-20)19-6-10-23(40)11-7-19)28-24-13-9-22(38)16-21(24)8-12-25(28)27(29)14-15-30(29,39)31(33,34)32(35,36)37/h4-11,26-28,43-44,47H,12-21H2,1-3H3;2-7,10-11,16,25-27,39-40H,8-9,12-15,17H2,1H3/t26?,27-,28?,32+,33-,35+;25?,26-,27?,29+,30+/m11/s1. The molecule has 1 aliphatic heterocycles. The van der Waals surface area contributed by atoms with E-state index in [0.29, 0.717) is 64.6 Å². The van der Waals surface area contributed by atoms with E-state index in [1.54, 1.807) is 6.08 Å². The van der Waals surface area contributed by atoms with E-state index in [9.17, 15) is 46.5 Å². The van der Waals surface area contributed by atoms with Gasteiger partial charge in [0, 0.05) is 57.1 Å². The third kappa shape index (κ3) is 9.97. The topological polar surface area (TPSA) is 96.2 Å². The fourth-order valence-electron chi connectivity index (χ4n) is 18.1. The molecule has 1 saturated heterocycles. The highest BCUT2D eigenvalue weighted by atomic mass is 32.1. The van der Waals surface area contributed by atoms with Gasteiger partial charge in [0.05, 0.1) is 18.8 Å². The minimum Gasteiger partial charge on any atom is -0.385 e. The maximum absolute atomic E-state index is 15.4. The number of benzene rings is 4. The number of aliphatic hydroxyl groups is 3. The van der Waals surface area contributed by atoms with Crippen molar-refractivity contribution in [3.05, 3.63) is 142 Å². The molecule has 4 unspecified atom stereocenters. The van der Waals surface area contributed by atoms with Crippen LogP contribution in [0.5, 0.6) is 0 Å². The van der Waals surface area contributed by atoms with Crippen molar-refractivity contribution in [3.63, 3.8) is 0 Å². The summed E-state index contributed by atoms with van der Waals surface area (Å²) in [4.78, 5) is 13.9. The molecule has 0 radical (unpaired) electrons. The summed E-state index contributed by atoms with van der Waals surface area (Å²) in [5.74, 6) is -14.1. The molecule has 0 bridgehead atoms. The number of rotatable bonds is 6. The Labute approximate surface area is 512 Å². The average Bonchev–Trinajstić information content (AvgIpc) is 1.63. The second kappa shape index (κ2) is 21.3. The predicted molar refractivity (Wildman–Crippen MR) is 316 cm³/mol. The first-order chi connectivity index (χ1) is 40.6. The number of halogens is 10. The summed E-state index contributed by atoms with van der Waals surface area (Å²) in [7, 11) is 0. The van der Waals surface area contributed by atoms with E-state index in [4.69, 9.17) is 9.47 Å². The molecule has 5 saturated carbocycles. The molecule has 9 aliphatic rings. The maximum atomic E-state index is 15.4. The first-order valence-electron chi connectivity index (χ1n) is 30.4. The van der Waals surface area contributed by atoms with E-state index in [1.807, 2.05) is 97.1 Å². The Morgan fingerprint density at radius 1 is 0.506 bits per heavy atom. The Balaban J connectivity index is 0.000000172. The molecule has 1 spiro atoms. The summed E-state index contributed by atoms with van der Waals surface area (Å²) in [5.41, 5.74) is -0.962. The molecule has 4 aromatic carbocycles. The molecular formula is C69H74F10O6S2. The zero-order valence-electron chi connectivity index (χ0n) is 49.0. The lowest BCUT2D eigenvalue weighted by Gasteiger charge is -2.59. The van der Waals surface area contributed by atoms with Gasteiger partial charge in [0.15, 0.2) is 11.6 Å². The molecule has 6 fully saturated rings. The summed E-state index contributed by atoms with van der Waals surface area (Å²) in [6.07, 6.45) is -7.24. The SMILES string of the molecule is CC1(C)COC2(CCC3=C4C(CC[C@@]3(O)C2)C2CC[C@@](O)(C(F)(F)C(F)(F)F)[C@@]2(C)C[C@@H]4c2ccc(-c3ccc(S)cc3)cc2)OC1.C[C@]12C[C@H](c3ccc(-c4ccc(S)cc4)cc3)C3=C4CCC(=O)C=C4CCC3C1CC[C@@]2(O)C(F)(F)C(F)(F)F. The van der Waals surface area contributed by atoms with E-state index in [2.05, 4.69) is 39.1 Å². The number of ether oxygens (including phenoxy) is 2. The fraction of sp³-hybridized carbons (Fsp3) is 0.551. The quantitative estimate of drug-likeness (QED) is 0.0750. The molecule has 3 N–H and O–H groups in total. The van der Waals surface area contributed by atoms with Gasteiger partial charge in [-0.25, -0.2) is 0 Å². The zero-order valence-corrected chi connectivity index (χ0v) is 50.8. The summed E-state index contributed by atoms with van der Waals surface area (Å²) >= 11 is 8.69. The van der Waals surface area contributed by atoms with Crippen molar-refractivity contribution in [1.29, 1.82) is 0 Å². The number of carbonyl (C=O) groups excluding carboxylic acids is 1. The number of allylic oxidation sites excluding steroid dienone is 5. The Morgan fingerprint density at radius 3 is 1.38 bits per heavy atom. The monoisotopic (exact) mass is 1250 g/mol. The normalized spacial score (nSPS) is 34.6. The Morgan fingerprint density at radius 2 is 0.931 bits per heavy atom. The van der Waals surface area contributed by atoms with E-state index in [1.165, 1.54) is 13.8 Å². The number of thiol groups is 2. The van der Waals surface area contributed by atoms with Crippen molar-refractivity contribution in [2.75, 3.05) is 13.2 Å². The van der Waals surface area contributed by atoms with Gasteiger partial charge in [0.1, 0.15) is 11.2 Å². The zero-order chi connectivity index (χ0) is 62.5. The lowest BCUT2D eigenvalue weighted by molar-refractivity contribution is -0.362. The summed E-state index contributed by atoms with van der Waals surface area (Å²) in [5, 5.41) is 35.4. The predicted octanol–water partition coefficient (Wildman–Crippen LogP) is 17.3. The van der Waals surface area contributed by atoms with Crippen molar-refractivity contribution >= 4 is 31.0 Å². The second-order valence-corrected chi connectivity index (χ2v) is 29.0. The number of ketones is 1. The third-order valence-corrected chi connectivity index (χ3v) is 23.3. The van der Waals surface area contributed by atoms with Crippen LogP contribution in [0.15, 0.2) is 141 Å². The van der Waals surface area contributed by atoms with Gasteiger partial charge < -0.3 is 24.8 Å². The van der Waals surface area contributed by atoms with Gasteiger partial charge in [-0.1, -0.05) is 112 Å². The number of alkyl halides is 10. The van der Waals surface area contributed by atoms with Crippen LogP contribution in [0.3, 0.4) is 0 Å². The smallest absolute Gasteiger partial charge is 0.385 e. The minimum absolute atomic E-state index is 0.0237. The third-order valence-electron chi connectivity index (χ3n) is 22.7. The molecule has 4 aromatic rings. The maximum Gasteiger partial charge on any atom is 0.456 e. The summed E-state index contributed by atoms with van der Waals surface area (Å²) in [6, 6.07) is 30.7. The van der Waals surface area contributed by atoms with Crippen LogP contribution in [0, 0.1) is 39.9 Å². The van der Waals surface area contributed by atoms with E-state index in [-0.39, 0.29) is 55.1 Å². The van der Waals surface area contributed by atoms with Gasteiger partial charge in [-0.05, 0) is 181 Å². The first kappa shape index (κ1) is 62.7. The molecular weight excluding hydrogens is 1180 g/mol. The lowest BCUT2D eigenvalue weighted by atomic mass is 9.49. The molecule has 468 valence electrons. The molecule has 18 heteroatoms. The first-order valence-corrected chi connectivity index (χ1v) is 31.3. The second-order valence-electron chi connectivity index (χ2n) is 28.0. The Kier molecular flexibility index (Phi) is 15.4. The number of hydrogen-bond acceptors (Lipinski definition) is 8. The van der Waals surface area contributed by atoms with Crippen molar-refractivity contribution in [2.24, 2.45) is 39.9 Å². The van der Waals surface area contributed by atoms with Gasteiger partial charge in [0.2, 0.25) is 0 Å². The average molecular weight is 1250 g/mol. The fourth-order valence-corrected chi connectivity index (χ4v) is 18.4. The lowest BCUT2D eigenvalue weighted by Crippen LogP contribution is -2.65. The highest BCUT2D eigenvalue weighted by Crippen LogP contribution is 2.73. The van der Waals surface area contributed by atoms with Crippen LogP contribution in [0.1, 0.15) is 147 Å². The van der Waals surface area contributed by atoms with Crippen LogP contribution < -0.4 is 0 Å². The van der Waals surface area contributed by atoms with Gasteiger partial charge in [-0.2, -0.15) is 43.9 Å². The van der Waals surface area contributed by atoms with Crippen molar-refractivity contribution in [1.82, 2.24) is 0 Å². The molecule has 87 heavy (non-hydrogen) atoms. The summed E-state index contributed by atoms with van der Waals surface area (Å²) < 4.78 is 157. The van der Waals surface area contributed by atoms with Crippen LogP contribution >= 0.6 is 25.3 Å². The van der Waals surface area contributed by atoms with Gasteiger partial charge >= 0.3 is 24.2 Å². The Bertz CT molecular complexity index is 3420. The molecule has 11 atom stereocenters. The van der Waals surface area contributed by atoms with Crippen LogP contribution in [0.25, 0.3) is 22.3 Å². The van der Waals surface area contributed by atoms with E-state index >= 15 is 17.6 Å². The largest absolute Gasteiger partial charge is 0.456 e. The minimum atomic E-state index is -5.89. The van der Waals surface area contributed by atoms with Gasteiger partial charge in [0.25, 0.3) is 0 Å². The molecule has 8 aliphatic carbocycles. The van der Waals surface area contributed by atoms with Crippen LogP contribution in [0.2, 0.25) is 0 Å². The number of fused-ring (bicyclic) bond motifs is 8. The Hall–Kier alpha value is -4.43. The molecule has 1 heterocycles. The van der Waals surface area contributed by atoms with Crippen LogP contribution in [-0.2, 0) is 14.3 Å². The van der Waals surface area contributed by atoms with Crippen molar-refractivity contribution < 1.29 is 73.5 Å². The van der Waals surface area contributed by atoms with E-state index in [0.717, 1.165) is 71.0 Å². The highest BCUT2D eigenvalue weighted by Gasteiger charge is 2.81. The molecule has 0 aromatic heterocycles. The van der Waals surface area contributed by atoms with Crippen molar-refractivity contribution in [3.8, 4) is 22.3 Å². The van der Waals surface area contributed by atoms with Gasteiger partial charge in [-0.3, -0.25) is 4.79 Å². The van der Waals surface area contributed by atoms with Crippen LogP contribution in [0.4, 0.5) is 43.9 Å². The summed E-state index contributed by atoms with van der Waals surface area (Å²) in [6.45, 7) is 8.00. The molecule has 6 nitrogen and oxygen atoms in total. The number of hydrogen-bond donors (Lipinski definition) is 5. The van der Waals surface area contributed by atoms with E-state index < -0.39 is 94.1 Å². The highest BCUT2D eigenvalue weighted by molar-refractivity contribution is 7.80. The molecule has 0 amide bonds. The van der Waals surface area contributed by atoms with Crippen LogP contribution in [-0.4, -0.2) is 81.1 Å². The molecule has 13 rings (SSSR count).